The summed E-state index contributed by atoms with van der Waals surface area (Å²) in [5, 5.41) is 14.5. The zero-order chi connectivity index (χ0) is 16.4. The number of hydrogen-bond donors (Lipinski definition) is 2. The van der Waals surface area contributed by atoms with Crippen LogP contribution in [0.2, 0.25) is 0 Å². The van der Waals surface area contributed by atoms with E-state index in [1.807, 2.05) is 6.07 Å². The fourth-order valence-corrected chi connectivity index (χ4v) is 2.21. The second kappa shape index (κ2) is 5.76. The van der Waals surface area contributed by atoms with Gasteiger partial charge >= 0.3 is 0 Å². The number of para-hydroxylation sites is 1. The molecule has 0 radical (unpaired) electrons. The van der Waals surface area contributed by atoms with Crippen LogP contribution in [0.1, 0.15) is 5.56 Å². The van der Waals surface area contributed by atoms with E-state index in [0.717, 1.165) is 5.01 Å². The van der Waals surface area contributed by atoms with Gasteiger partial charge in [0, 0.05) is 0 Å². The van der Waals surface area contributed by atoms with Gasteiger partial charge in [0.05, 0.1) is 11.3 Å². The summed E-state index contributed by atoms with van der Waals surface area (Å²) in [6.07, 6.45) is 1.52. The number of phenolic OH excluding ortho intramolecular Hbond substituents is 1. The van der Waals surface area contributed by atoms with Gasteiger partial charge in [-0.15, -0.1) is 0 Å². The topological polar surface area (TPSA) is 96.0 Å². The van der Waals surface area contributed by atoms with Gasteiger partial charge in [0.25, 0.3) is 11.8 Å². The number of carbonyl (C=O) groups excluding carboxylic acids is 2. The highest BCUT2D eigenvalue weighted by molar-refractivity contribution is 6.55. The van der Waals surface area contributed by atoms with Crippen LogP contribution in [0.3, 0.4) is 0 Å². The number of benzene rings is 2. The maximum atomic E-state index is 12.6. The number of carbonyl (C=O) groups is 2. The molecular formula is C17H13N3O3. The standard InChI is InChI=1S/C17H13N3O3/c18-16(22)15-14(10-11-6-8-13(21)9-7-11)17(23)20(19-15)12-4-2-1-3-5-12/h1-10,21H,(H2,18,22). The quantitative estimate of drug-likeness (QED) is 0.844. The van der Waals surface area contributed by atoms with Crippen LogP contribution in [0.4, 0.5) is 5.69 Å². The number of primary amides is 1. The predicted octanol–water partition coefficient (Wildman–Crippen LogP) is 1.66. The van der Waals surface area contributed by atoms with Gasteiger partial charge in [0.1, 0.15) is 5.75 Å². The number of nitrogens with zero attached hydrogens (tertiary/aromatic N) is 2. The summed E-state index contributed by atoms with van der Waals surface area (Å²) in [5.74, 6) is -1.10. The zero-order valence-corrected chi connectivity index (χ0v) is 12.0. The molecule has 3 N–H and O–H groups in total. The van der Waals surface area contributed by atoms with Crippen molar-refractivity contribution in [1.29, 1.82) is 0 Å². The largest absolute Gasteiger partial charge is 0.508 e. The van der Waals surface area contributed by atoms with Gasteiger partial charge < -0.3 is 10.8 Å². The van der Waals surface area contributed by atoms with Gasteiger partial charge in [-0.05, 0) is 35.9 Å². The van der Waals surface area contributed by atoms with E-state index in [1.54, 1.807) is 36.4 Å². The van der Waals surface area contributed by atoms with Crippen LogP contribution >= 0.6 is 0 Å². The first-order chi connectivity index (χ1) is 11.1. The molecule has 1 aliphatic rings. The fourth-order valence-electron chi connectivity index (χ4n) is 2.21. The first kappa shape index (κ1) is 14.5. The van der Waals surface area contributed by atoms with E-state index in [1.165, 1.54) is 18.2 Å². The first-order valence-electron chi connectivity index (χ1n) is 6.85. The van der Waals surface area contributed by atoms with Crippen LogP contribution in [-0.2, 0) is 9.59 Å². The van der Waals surface area contributed by atoms with Crippen LogP contribution in [0.15, 0.2) is 65.3 Å². The minimum absolute atomic E-state index is 0.0908. The van der Waals surface area contributed by atoms with E-state index in [4.69, 9.17) is 5.73 Å². The van der Waals surface area contributed by atoms with Crippen LogP contribution in [0.5, 0.6) is 5.75 Å². The molecular weight excluding hydrogens is 294 g/mol. The highest BCUT2D eigenvalue weighted by atomic mass is 16.3. The molecule has 0 saturated carbocycles. The molecule has 0 aliphatic carbocycles. The summed E-state index contributed by atoms with van der Waals surface area (Å²) < 4.78 is 0. The molecule has 1 heterocycles. The molecule has 0 atom stereocenters. The normalized spacial score (nSPS) is 15.8. The molecule has 0 spiro atoms. The van der Waals surface area contributed by atoms with Gasteiger partial charge in [-0.3, -0.25) is 9.59 Å². The van der Waals surface area contributed by atoms with E-state index in [9.17, 15) is 14.7 Å². The Balaban J connectivity index is 2.03. The Morgan fingerprint density at radius 1 is 1.09 bits per heavy atom. The summed E-state index contributed by atoms with van der Waals surface area (Å²) in [6, 6.07) is 15.0. The van der Waals surface area contributed by atoms with Crippen molar-refractivity contribution >= 4 is 29.3 Å². The van der Waals surface area contributed by atoms with E-state index >= 15 is 0 Å². The summed E-state index contributed by atoms with van der Waals surface area (Å²) in [5.41, 5.74) is 6.56. The number of rotatable bonds is 3. The highest BCUT2D eigenvalue weighted by Gasteiger charge is 2.33. The van der Waals surface area contributed by atoms with Crippen molar-refractivity contribution in [2.45, 2.75) is 0 Å². The molecule has 2 aromatic carbocycles. The Labute approximate surface area is 132 Å². The van der Waals surface area contributed by atoms with Crippen LogP contribution < -0.4 is 10.7 Å². The van der Waals surface area contributed by atoms with E-state index < -0.39 is 11.8 Å². The minimum atomic E-state index is -0.776. The summed E-state index contributed by atoms with van der Waals surface area (Å²) in [7, 11) is 0. The van der Waals surface area contributed by atoms with Crippen molar-refractivity contribution in [2.75, 3.05) is 5.01 Å². The molecule has 0 bridgehead atoms. The Morgan fingerprint density at radius 3 is 2.35 bits per heavy atom. The summed E-state index contributed by atoms with van der Waals surface area (Å²) >= 11 is 0. The van der Waals surface area contributed by atoms with Crippen molar-refractivity contribution in [3.8, 4) is 5.75 Å². The highest BCUT2D eigenvalue weighted by Crippen LogP contribution is 2.25. The van der Waals surface area contributed by atoms with Gasteiger partial charge in [0.2, 0.25) is 0 Å². The number of hydrazone groups is 1. The third-order valence-electron chi connectivity index (χ3n) is 3.32. The lowest BCUT2D eigenvalue weighted by Crippen LogP contribution is -2.25. The molecule has 0 unspecified atom stereocenters. The second-order valence-corrected chi connectivity index (χ2v) is 4.91. The minimum Gasteiger partial charge on any atom is -0.508 e. The second-order valence-electron chi connectivity index (χ2n) is 4.91. The third kappa shape index (κ3) is 2.82. The predicted molar refractivity (Wildman–Crippen MR) is 86.6 cm³/mol. The van der Waals surface area contributed by atoms with Crippen LogP contribution in [0.25, 0.3) is 6.08 Å². The van der Waals surface area contributed by atoms with Crippen molar-refractivity contribution in [3.05, 3.63) is 65.7 Å². The molecule has 23 heavy (non-hydrogen) atoms. The molecule has 0 aromatic heterocycles. The molecule has 2 aromatic rings. The number of nitrogens with two attached hydrogens (primary N) is 1. The first-order valence-corrected chi connectivity index (χ1v) is 6.85. The number of anilines is 1. The molecule has 0 fully saturated rings. The molecule has 6 nitrogen and oxygen atoms in total. The van der Waals surface area contributed by atoms with Crippen LogP contribution in [0, 0.1) is 0 Å². The summed E-state index contributed by atoms with van der Waals surface area (Å²) in [6.45, 7) is 0. The number of hydrogen-bond acceptors (Lipinski definition) is 4. The van der Waals surface area contributed by atoms with Gasteiger partial charge in [0.15, 0.2) is 5.71 Å². The Morgan fingerprint density at radius 2 is 1.74 bits per heavy atom. The Hall–Kier alpha value is -3.41. The fraction of sp³-hybridized carbons (Fsp3) is 0. The maximum Gasteiger partial charge on any atom is 0.281 e. The van der Waals surface area contributed by atoms with Crippen molar-refractivity contribution < 1.29 is 14.7 Å². The van der Waals surface area contributed by atoms with E-state index in [-0.39, 0.29) is 17.0 Å². The lowest BCUT2D eigenvalue weighted by molar-refractivity contribution is -0.115. The SMILES string of the molecule is NC(=O)C1=NN(c2ccccc2)C(=O)C1=Cc1ccc(O)cc1. The average molecular weight is 307 g/mol. The molecule has 114 valence electrons. The van der Waals surface area contributed by atoms with E-state index in [0.29, 0.717) is 11.3 Å². The molecule has 3 rings (SSSR count). The third-order valence-corrected chi connectivity index (χ3v) is 3.32. The lowest BCUT2D eigenvalue weighted by atomic mass is 10.1. The monoisotopic (exact) mass is 307 g/mol. The number of phenols is 1. The smallest absolute Gasteiger partial charge is 0.281 e. The zero-order valence-electron chi connectivity index (χ0n) is 12.0. The van der Waals surface area contributed by atoms with E-state index in [2.05, 4.69) is 5.10 Å². The summed E-state index contributed by atoms with van der Waals surface area (Å²) in [4.78, 5) is 24.2. The molecule has 6 heteroatoms. The lowest BCUT2D eigenvalue weighted by Gasteiger charge is -2.10. The average Bonchev–Trinajstić information content (AvgIpc) is 2.88. The number of aromatic hydroxyl groups is 1. The maximum absolute atomic E-state index is 12.6. The molecule has 0 saturated heterocycles. The molecule has 1 aliphatic heterocycles. The number of amides is 2. The van der Waals surface area contributed by atoms with Gasteiger partial charge in [-0.1, -0.05) is 30.3 Å². The molecule has 2 amide bonds. The Kier molecular flexibility index (Phi) is 3.64. The van der Waals surface area contributed by atoms with Crippen molar-refractivity contribution in [3.63, 3.8) is 0 Å². The van der Waals surface area contributed by atoms with Gasteiger partial charge in [-0.2, -0.15) is 10.1 Å². The van der Waals surface area contributed by atoms with Crippen molar-refractivity contribution in [2.24, 2.45) is 10.8 Å². The van der Waals surface area contributed by atoms with Crippen LogP contribution in [-0.4, -0.2) is 22.6 Å². The Bertz CT molecular complexity index is 824. The van der Waals surface area contributed by atoms with Gasteiger partial charge in [-0.25, -0.2) is 0 Å². The van der Waals surface area contributed by atoms with Crippen molar-refractivity contribution in [1.82, 2.24) is 0 Å².